The van der Waals surface area contributed by atoms with Gasteiger partial charge in [-0.25, -0.2) is 4.79 Å². The molecule has 40 nitrogen and oxygen atoms in total. The molecule has 1 fully saturated rings. The van der Waals surface area contributed by atoms with E-state index in [9.17, 15) is 91.4 Å². The molecular formula is C81H140N18O22. The summed E-state index contributed by atoms with van der Waals surface area (Å²) in [5.41, 5.74) is 22.2. The molecule has 1 aliphatic heterocycles. The van der Waals surface area contributed by atoms with Gasteiger partial charge in [-0.3, -0.25) is 91.1 Å². The average molecular weight is 1720 g/mol. The summed E-state index contributed by atoms with van der Waals surface area (Å²) in [6, 6.07) is -22.6. The van der Waals surface area contributed by atoms with Gasteiger partial charge in [0, 0.05) is 38.5 Å². The molecule has 1 saturated heterocycles. The van der Waals surface area contributed by atoms with Crippen molar-refractivity contribution in [2.45, 2.75) is 331 Å². The van der Waals surface area contributed by atoms with Gasteiger partial charge in [-0.1, -0.05) is 137 Å². The Morgan fingerprint density at radius 2 is 0.736 bits per heavy atom. The van der Waals surface area contributed by atoms with E-state index in [2.05, 4.69) is 74.4 Å². The Kier molecular flexibility index (Phi) is 48.9. The summed E-state index contributed by atoms with van der Waals surface area (Å²) in [5, 5.41) is 45.5. The molecule has 1 aliphatic rings. The Morgan fingerprint density at radius 1 is 0.380 bits per heavy atom. The maximum atomic E-state index is 15.1. The zero-order chi connectivity index (χ0) is 92.6. The van der Waals surface area contributed by atoms with E-state index in [-0.39, 0.29) is 68.6 Å². The number of ether oxygens (including phenoxy) is 1. The van der Waals surface area contributed by atoms with Gasteiger partial charge >= 0.3 is 11.9 Å². The summed E-state index contributed by atoms with van der Waals surface area (Å²) < 4.78 is 5.79. The highest BCUT2D eigenvalue weighted by Crippen LogP contribution is 2.19. The molecule has 40 heteroatoms. The second-order valence-corrected chi connectivity index (χ2v) is 34.6. The highest BCUT2D eigenvalue weighted by Gasteiger charge is 2.41. The van der Waals surface area contributed by atoms with Crippen LogP contribution in [0.15, 0.2) is 0 Å². The summed E-state index contributed by atoms with van der Waals surface area (Å²) in [4.78, 5) is 279. The number of aliphatic carboxylic acids is 1. The molecule has 0 unspecified atom stereocenters. The second-order valence-electron chi connectivity index (χ2n) is 34.6. The van der Waals surface area contributed by atoms with Crippen LogP contribution in [0.25, 0.3) is 0 Å². The molecule has 15 atom stereocenters. The Bertz CT molecular complexity index is 3550. The predicted octanol–water partition coefficient (Wildman–Crippen LogP) is -1.33. The lowest BCUT2D eigenvalue weighted by atomic mass is 9.97. The van der Waals surface area contributed by atoms with Crippen LogP contribution in [0.3, 0.4) is 0 Å². The van der Waals surface area contributed by atoms with Crippen LogP contribution < -0.4 is 97.4 Å². The van der Waals surface area contributed by atoms with Crippen molar-refractivity contribution >= 4 is 118 Å². The molecule has 0 bridgehead atoms. The number of nitrogens with one attached hydrogen (secondary N) is 14. The lowest BCUT2D eigenvalue weighted by Gasteiger charge is -2.30. The van der Waals surface area contributed by atoms with Gasteiger partial charge in [-0.2, -0.15) is 0 Å². The van der Waals surface area contributed by atoms with Crippen LogP contribution >= 0.6 is 0 Å². The van der Waals surface area contributed by atoms with Crippen LogP contribution in [0, 0.1) is 53.3 Å². The molecule has 0 aromatic rings. The van der Waals surface area contributed by atoms with Gasteiger partial charge in [0.25, 0.3) is 0 Å². The van der Waals surface area contributed by atoms with E-state index in [0.717, 1.165) is 6.42 Å². The van der Waals surface area contributed by atoms with Crippen LogP contribution in [0.2, 0.25) is 0 Å². The molecule has 0 saturated carbocycles. The van der Waals surface area contributed by atoms with Crippen molar-refractivity contribution in [3.8, 4) is 0 Å². The first kappa shape index (κ1) is 108. The summed E-state index contributed by atoms with van der Waals surface area (Å²) >= 11 is 0. The van der Waals surface area contributed by atoms with E-state index in [4.69, 9.17) is 27.7 Å². The van der Waals surface area contributed by atoms with Gasteiger partial charge in [0.1, 0.15) is 91.2 Å². The third kappa shape index (κ3) is 43.0. The molecule has 686 valence electrons. The first-order chi connectivity index (χ1) is 56.3. The average Bonchev–Trinajstić information content (AvgIpc) is 1.12. The molecule has 1 rings (SSSR count). The molecule has 1 heterocycles. The fraction of sp³-hybridized carbons (Fsp3) is 0.753. The number of amides is 18. The molecular weight excluding hydrogens is 1580 g/mol. The van der Waals surface area contributed by atoms with Gasteiger partial charge < -0.3 is 107 Å². The molecule has 23 N–H and O–H groups in total. The standard InChI is InChI=1S/C81H140N18O22/c1-19-47(18)67-81(120)121-38-58(78(117)98-66(46(16)17)80(119)95-56(36-43(10)11)75(114)88-48(23-28-59(82)100)69(108)92-55(35-42(8)9)77(116)93-54(34-41(6)7)74(113)90-51(72(111)99-67)26-31-62(85)103)96-70(109)49(24-29-60(83)101)89-76(115)57(37-44(12)13)94-79(118)65(45(14)15)97-71(110)50(25-30-61(84)102)87-68(107)52(27-32-64(105)106)91-73(112)53(33-40(4)5)86-63(104)22-20-21-39(2)3/h39-58,65-67H,19-38H2,1-18H3,(H2,82,100)(H2,83,101)(H2,84,102)(H2,85,103)(H,86,104)(H,87,107)(H,88,114)(H,89,115)(H,90,113)(H,91,112)(H,92,108)(H,93,116)(H,94,118)(H,95,119)(H,96,109)(H,97,110)(H,98,117)(H,99,111)(H,105,106)/t47-,48+,49-,50+,51+,52+,53-,54-,55-,56+,57+,58+,65+,66+,67-/m0/s1. The van der Waals surface area contributed by atoms with Gasteiger partial charge in [0.15, 0.2) is 0 Å². The lowest BCUT2D eigenvalue weighted by molar-refractivity contribution is -0.152. The fourth-order valence-electron chi connectivity index (χ4n) is 12.9. The molecule has 0 aromatic heterocycles. The van der Waals surface area contributed by atoms with E-state index in [1.54, 1.807) is 76.2 Å². The van der Waals surface area contributed by atoms with Crippen molar-refractivity contribution in [3.63, 3.8) is 0 Å². The van der Waals surface area contributed by atoms with Gasteiger partial charge in [-0.15, -0.1) is 0 Å². The summed E-state index contributed by atoms with van der Waals surface area (Å²) in [6.45, 7) is 29.2. The number of nitrogens with two attached hydrogens (primary N) is 4. The summed E-state index contributed by atoms with van der Waals surface area (Å²) in [5.74, 6) is -24.2. The number of cyclic esters (lactones) is 1. The zero-order valence-corrected chi connectivity index (χ0v) is 73.8. The fourth-order valence-corrected chi connectivity index (χ4v) is 12.9. The SMILES string of the molecule is CC[C@H](C)[C@@H]1NC(=O)[C@@H](CCC(N)=O)NC(=O)[C@H](CC(C)C)NC(=O)[C@H](CC(C)C)NC(=O)[C@@H](CCC(N)=O)NC(=O)[C@@H](CC(C)C)NC(=O)[C@@H](C(C)C)NC(=O)[C@H](NC(=O)[C@H](CCC(N)=O)NC(=O)[C@@H](CC(C)C)NC(=O)[C@H](NC(=O)[C@@H](CCC(N)=O)NC(=O)[C@@H](CCC(=O)O)NC(=O)[C@H](CC(C)C)NC(=O)CCCC(C)C)C(C)C)COC1=O. The first-order valence-corrected chi connectivity index (χ1v) is 42.0. The molecule has 0 aromatic carbocycles. The monoisotopic (exact) mass is 1720 g/mol. The minimum Gasteiger partial charge on any atom is -0.481 e. The van der Waals surface area contributed by atoms with Gasteiger partial charge in [0.05, 0.1) is 0 Å². The summed E-state index contributed by atoms with van der Waals surface area (Å²) in [7, 11) is 0. The number of esters is 1. The van der Waals surface area contributed by atoms with E-state index < -0.39 is 297 Å². The number of hydrogen-bond acceptors (Lipinski definition) is 21. The van der Waals surface area contributed by atoms with Crippen LogP contribution in [0.4, 0.5) is 0 Å². The van der Waals surface area contributed by atoms with E-state index in [1.165, 1.54) is 34.6 Å². The smallest absolute Gasteiger partial charge is 0.329 e. The van der Waals surface area contributed by atoms with Crippen molar-refractivity contribution in [2.75, 3.05) is 6.61 Å². The van der Waals surface area contributed by atoms with Gasteiger partial charge in [-0.05, 0) is 124 Å². The highest BCUT2D eigenvalue weighted by molar-refractivity contribution is 6.01. The van der Waals surface area contributed by atoms with Crippen LogP contribution in [0.5, 0.6) is 0 Å². The van der Waals surface area contributed by atoms with E-state index in [0.29, 0.717) is 12.3 Å². The third-order valence-electron chi connectivity index (χ3n) is 19.7. The van der Waals surface area contributed by atoms with Crippen LogP contribution in [-0.4, -0.2) is 215 Å². The largest absolute Gasteiger partial charge is 0.481 e. The minimum atomic E-state index is -2.10. The Morgan fingerprint density at radius 3 is 1.12 bits per heavy atom. The normalized spacial score (nSPS) is 20.7. The minimum absolute atomic E-state index is 0.0447. The predicted molar refractivity (Wildman–Crippen MR) is 444 cm³/mol. The second kappa shape index (κ2) is 54.6. The van der Waals surface area contributed by atoms with Gasteiger partial charge in [0.2, 0.25) is 106 Å². The number of carbonyl (C=O) groups is 20. The molecule has 0 aliphatic carbocycles. The zero-order valence-electron chi connectivity index (χ0n) is 73.8. The van der Waals surface area contributed by atoms with Crippen molar-refractivity contribution in [1.82, 2.24) is 74.4 Å². The molecule has 121 heavy (non-hydrogen) atoms. The number of carboxylic acids is 1. The lowest BCUT2D eigenvalue weighted by Crippen LogP contribution is -2.62. The maximum absolute atomic E-state index is 15.1. The number of carbonyl (C=O) groups excluding carboxylic acids is 19. The number of primary amides is 4. The third-order valence-corrected chi connectivity index (χ3v) is 19.7. The summed E-state index contributed by atoms with van der Waals surface area (Å²) in [6.07, 6.45) is -4.16. The van der Waals surface area contributed by atoms with Crippen LogP contribution in [-0.2, 0) is 101 Å². The van der Waals surface area contributed by atoms with Crippen molar-refractivity contribution in [2.24, 2.45) is 76.2 Å². The van der Waals surface area contributed by atoms with Crippen molar-refractivity contribution in [1.29, 1.82) is 0 Å². The number of rotatable bonds is 46. The highest BCUT2D eigenvalue weighted by atomic mass is 16.5. The van der Waals surface area contributed by atoms with E-state index >= 15 is 9.59 Å². The van der Waals surface area contributed by atoms with Crippen molar-refractivity contribution < 1.29 is 106 Å². The first-order valence-electron chi connectivity index (χ1n) is 42.0. The number of carboxylic acid groups (broad SMARTS) is 1. The Balaban J connectivity index is 4.27. The number of hydrogen-bond donors (Lipinski definition) is 19. The Labute approximate surface area is 709 Å². The quantitative estimate of drug-likeness (QED) is 0.0314. The Hall–Kier alpha value is -10.6. The molecule has 0 radical (unpaired) electrons. The van der Waals surface area contributed by atoms with Crippen molar-refractivity contribution in [3.05, 3.63) is 0 Å². The maximum Gasteiger partial charge on any atom is 0.329 e. The van der Waals surface area contributed by atoms with Crippen LogP contribution in [0.1, 0.15) is 247 Å². The molecule has 18 amide bonds. The van der Waals surface area contributed by atoms with E-state index in [1.807, 2.05) is 13.8 Å². The molecule has 0 spiro atoms. The topological polar surface area (TPSA) is 643 Å².